The monoisotopic (exact) mass is 252 g/mol. The van der Waals surface area contributed by atoms with E-state index >= 15 is 0 Å². The highest BCUT2D eigenvalue weighted by Crippen LogP contribution is 2.17. The van der Waals surface area contributed by atoms with Crippen molar-refractivity contribution in [3.63, 3.8) is 0 Å². The maximum Gasteiger partial charge on any atom is 0.242 e. The summed E-state index contributed by atoms with van der Waals surface area (Å²) >= 11 is 6.04. The molecule has 1 heterocycles. The highest BCUT2D eigenvalue weighted by atomic mass is 35.5. The number of halogens is 1. The van der Waals surface area contributed by atoms with Crippen LogP contribution in [0, 0.1) is 0 Å². The van der Waals surface area contributed by atoms with Crippen LogP contribution in [0.25, 0.3) is 0 Å². The Labute approximate surface area is 105 Å². The largest absolute Gasteiger partial charge is 0.347 e. The molecule has 0 saturated carbocycles. The Morgan fingerprint density at radius 2 is 2.06 bits per heavy atom. The molecule has 0 radical (unpaired) electrons. The molecule has 90 valence electrons. The summed E-state index contributed by atoms with van der Waals surface area (Å²) in [5.41, 5.74) is 0.900. The van der Waals surface area contributed by atoms with E-state index in [-0.39, 0.29) is 18.4 Å². The minimum absolute atomic E-state index is 0.0727. The van der Waals surface area contributed by atoms with Gasteiger partial charge in [0.25, 0.3) is 0 Å². The number of hydrogen-bond donors (Lipinski definition) is 1. The molecule has 1 saturated heterocycles. The van der Waals surface area contributed by atoms with Crippen LogP contribution in [0.1, 0.15) is 12.0 Å². The zero-order chi connectivity index (χ0) is 12.3. The van der Waals surface area contributed by atoms with Crippen LogP contribution >= 0.6 is 11.6 Å². The predicted molar refractivity (Wildman–Crippen MR) is 64.5 cm³/mol. The minimum atomic E-state index is -0.0833. The van der Waals surface area contributed by atoms with Crippen molar-refractivity contribution in [1.29, 1.82) is 0 Å². The summed E-state index contributed by atoms with van der Waals surface area (Å²) in [4.78, 5) is 24.6. The van der Waals surface area contributed by atoms with Gasteiger partial charge in [-0.1, -0.05) is 29.8 Å². The van der Waals surface area contributed by atoms with Gasteiger partial charge >= 0.3 is 0 Å². The SMILES string of the molecule is O=C1CCN(Cc2ccccc2Cl)C(=O)CN1. The maximum absolute atomic E-state index is 11.7. The lowest BCUT2D eigenvalue weighted by Gasteiger charge is -2.20. The van der Waals surface area contributed by atoms with Crippen molar-refractivity contribution in [2.24, 2.45) is 0 Å². The highest BCUT2D eigenvalue weighted by Gasteiger charge is 2.20. The van der Waals surface area contributed by atoms with Crippen LogP contribution in [0.2, 0.25) is 5.02 Å². The quantitative estimate of drug-likeness (QED) is 0.860. The van der Waals surface area contributed by atoms with Crippen molar-refractivity contribution in [2.75, 3.05) is 13.1 Å². The average molecular weight is 253 g/mol. The van der Waals surface area contributed by atoms with Crippen molar-refractivity contribution in [1.82, 2.24) is 10.2 Å². The van der Waals surface area contributed by atoms with E-state index in [4.69, 9.17) is 11.6 Å². The first-order valence-corrected chi connectivity index (χ1v) is 5.82. The van der Waals surface area contributed by atoms with Crippen molar-refractivity contribution < 1.29 is 9.59 Å². The normalized spacial score (nSPS) is 16.6. The Hall–Kier alpha value is -1.55. The van der Waals surface area contributed by atoms with E-state index in [9.17, 15) is 9.59 Å². The lowest BCUT2D eigenvalue weighted by molar-refractivity contribution is -0.130. The molecule has 0 unspecified atom stereocenters. The molecular weight excluding hydrogens is 240 g/mol. The van der Waals surface area contributed by atoms with Gasteiger partial charge < -0.3 is 10.2 Å². The number of rotatable bonds is 2. The van der Waals surface area contributed by atoms with E-state index < -0.39 is 0 Å². The first-order chi connectivity index (χ1) is 8.16. The number of nitrogens with one attached hydrogen (secondary N) is 1. The highest BCUT2D eigenvalue weighted by molar-refractivity contribution is 6.31. The molecule has 1 fully saturated rings. The molecule has 0 aromatic heterocycles. The maximum atomic E-state index is 11.7. The fourth-order valence-corrected chi connectivity index (χ4v) is 1.93. The smallest absolute Gasteiger partial charge is 0.242 e. The Balaban J connectivity index is 2.10. The second-order valence-electron chi connectivity index (χ2n) is 3.93. The third-order valence-electron chi connectivity index (χ3n) is 2.72. The van der Waals surface area contributed by atoms with Gasteiger partial charge in [0.1, 0.15) is 0 Å². The molecule has 5 heteroatoms. The lowest BCUT2D eigenvalue weighted by Crippen LogP contribution is -2.34. The molecule has 1 aliphatic heterocycles. The average Bonchev–Trinajstić information content (AvgIpc) is 2.47. The second-order valence-corrected chi connectivity index (χ2v) is 4.34. The fourth-order valence-electron chi connectivity index (χ4n) is 1.74. The van der Waals surface area contributed by atoms with Crippen molar-refractivity contribution in [3.05, 3.63) is 34.9 Å². The molecule has 1 aliphatic rings. The molecule has 4 nitrogen and oxygen atoms in total. The second kappa shape index (κ2) is 5.19. The molecule has 0 spiro atoms. The van der Waals surface area contributed by atoms with E-state index in [0.29, 0.717) is 24.5 Å². The summed E-state index contributed by atoms with van der Waals surface area (Å²) in [6, 6.07) is 7.41. The fraction of sp³-hybridized carbons (Fsp3) is 0.333. The van der Waals surface area contributed by atoms with Crippen LogP contribution in [-0.2, 0) is 16.1 Å². The predicted octanol–water partition coefficient (Wildman–Crippen LogP) is 1.19. The zero-order valence-corrected chi connectivity index (χ0v) is 10.0. The van der Waals surface area contributed by atoms with Crippen LogP contribution in [0.5, 0.6) is 0 Å². The van der Waals surface area contributed by atoms with E-state index in [1.165, 1.54) is 0 Å². The third-order valence-corrected chi connectivity index (χ3v) is 3.09. The van der Waals surface area contributed by atoms with Crippen molar-refractivity contribution in [2.45, 2.75) is 13.0 Å². The zero-order valence-electron chi connectivity index (χ0n) is 9.28. The topological polar surface area (TPSA) is 49.4 Å². The van der Waals surface area contributed by atoms with E-state index in [2.05, 4.69) is 5.32 Å². The van der Waals surface area contributed by atoms with E-state index in [1.54, 1.807) is 11.0 Å². The summed E-state index contributed by atoms with van der Waals surface area (Å²) in [5.74, 6) is -0.157. The molecule has 0 aliphatic carbocycles. The van der Waals surface area contributed by atoms with Gasteiger partial charge in [-0.05, 0) is 11.6 Å². The Kier molecular flexibility index (Phi) is 3.64. The summed E-state index contributed by atoms with van der Waals surface area (Å²) in [5, 5.41) is 3.20. The van der Waals surface area contributed by atoms with Gasteiger partial charge in [-0.3, -0.25) is 9.59 Å². The van der Waals surface area contributed by atoms with Crippen LogP contribution in [0.4, 0.5) is 0 Å². The van der Waals surface area contributed by atoms with Gasteiger partial charge in [0.2, 0.25) is 11.8 Å². The molecular formula is C12H13ClN2O2. The standard InChI is InChI=1S/C12H13ClN2O2/c13-10-4-2-1-3-9(10)8-15-6-5-11(16)14-7-12(15)17/h1-4H,5-8H2,(H,14,16). The number of nitrogens with zero attached hydrogens (tertiary/aromatic N) is 1. The van der Waals surface area contributed by atoms with Gasteiger partial charge in [0.05, 0.1) is 6.54 Å². The Morgan fingerprint density at radius 3 is 2.82 bits per heavy atom. The number of carbonyl (C=O) groups is 2. The molecule has 17 heavy (non-hydrogen) atoms. The van der Waals surface area contributed by atoms with Crippen LogP contribution < -0.4 is 5.32 Å². The van der Waals surface area contributed by atoms with Gasteiger partial charge in [0.15, 0.2) is 0 Å². The molecule has 1 aromatic carbocycles. The van der Waals surface area contributed by atoms with Crippen molar-refractivity contribution in [3.8, 4) is 0 Å². The number of hydrogen-bond acceptors (Lipinski definition) is 2. The third kappa shape index (κ3) is 2.97. The Bertz CT molecular complexity index is 448. The van der Waals surface area contributed by atoms with Gasteiger partial charge in [-0.25, -0.2) is 0 Å². The van der Waals surface area contributed by atoms with Gasteiger partial charge in [0, 0.05) is 24.5 Å². The molecule has 0 atom stereocenters. The van der Waals surface area contributed by atoms with E-state index in [0.717, 1.165) is 5.56 Å². The van der Waals surface area contributed by atoms with E-state index in [1.807, 2.05) is 18.2 Å². The first kappa shape index (κ1) is 11.9. The van der Waals surface area contributed by atoms with Crippen LogP contribution in [0.3, 0.4) is 0 Å². The molecule has 0 bridgehead atoms. The summed E-state index contributed by atoms with van der Waals surface area (Å²) in [7, 11) is 0. The number of carbonyl (C=O) groups excluding carboxylic acids is 2. The van der Waals surface area contributed by atoms with Gasteiger partial charge in [-0.15, -0.1) is 0 Å². The first-order valence-electron chi connectivity index (χ1n) is 5.44. The summed E-state index contributed by atoms with van der Waals surface area (Å²) < 4.78 is 0. The van der Waals surface area contributed by atoms with Crippen LogP contribution in [-0.4, -0.2) is 29.8 Å². The van der Waals surface area contributed by atoms with Gasteiger partial charge in [-0.2, -0.15) is 0 Å². The summed E-state index contributed by atoms with van der Waals surface area (Å²) in [6.45, 7) is 0.965. The molecule has 2 amide bonds. The molecule has 1 N–H and O–H groups in total. The summed E-state index contributed by atoms with van der Waals surface area (Å²) in [6.07, 6.45) is 0.343. The Morgan fingerprint density at radius 1 is 1.29 bits per heavy atom. The number of amides is 2. The molecule has 1 aromatic rings. The minimum Gasteiger partial charge on any atom is -0.347 e. The lowest BCUT2D eigenvalue weighted by atomic mass is 10.2. The van der Waals surface area contributed by atoms with Crippen molar-refractivity contribution >= 4 is 23.4 Å². The number of benzene rings is 1. The van der Waals surface area contributed by atoms with Crippen LogP contribution in [0.15, 0.2) is 24.3 Å². The molecule has 2 rings (SSSR count).